The Bertz CT molecular complexity index is 1100. The zero-order chi connectivity index (χ0) is 21.7. The molecule has 0 heterocycles. The first-order chi connectivity index (χ1) is 14.3. The van der Waals surface area contributed by atoms with Crippen LogP contribution in [0.15, 0.2) is 88.2 Å². The number of carbonyl (C=O) groups excluding carboxylic acids is 1. The van der Waals surface area contributed by atoms with Crippen molar-refractivity contribution >= 4 is 37.5 Å². The molecule has 30 heavy (non-hydrogen) atoms. The maximum Gasteiger partial charge on any atom is 0.264 e. The number of anilines is 1. The molecule has 7 heteroatoms. The minimum Gasteiger partial charge on any atom is -0.348 e. The van der Waals surface area contributed by atoms with Gasteiger partial charge in [0.15, 0.2) is 0 Å². The maximum absolute atomic E-state index is 13.3. The van der Waals surface area contributed by atoms with Crippen molar-refractivity contribution in [3.8, 4) is 0 Å². The zero-order valence-electron chi connectivity index (χ0n) is 16.7. The number of sulfonamides is 1. The van der Waals surface area contributed by atoms with Crippen molar-refractivity contribution in [3.05, 3.63) is 94.5 Å². The third-order valence-electron chi connectivity index (χ3n) is 4.69. The number of hydrogen-bond acceptors (Lipinski definition) is 3. The third kappa shape index (κ3) is 5.29. The molecule has 0 aliphatic carbocycles. The summed E-state index contributed by atoms with van der Waals surface area (Å²) < 4.78 is 28.5. The molecular formula is C23H23BrN2O3S. The minimum absolute atomic E-state index is 0.132. The highest BCUT2D eigenvalue weighted by Gasteiger charge is 2.27. The summed E-state index contributed by atoms with van der Waals surface area (Å²) in [6, 6.07) is 22.6. The van der Waals surface area contributed by atoms with E-state index < -0.39 is 10.0 Å². The Balaban J connectivity index is 1.86. The number of rotatable bonds is 7. The lowest BCUT2D eigenvalue weighted by molar-refractivity contribution is -0.120. The van der Waals surface area contributed by atoms with Crippen LogP contribution in [0.2, 0.25) is 0 Å². The molecule has 156 valence electrons. The summed E-state index contributed by atoms with van der Waals surface area (Å²) in [6.07, 6.45) is 0. The van der Waals surface area contributed by atoms with Gasteiger partial charge < -0.3 is 5.32 Å². The van der Waals surface area contributed by atoms with E-state index in [2.05, 4.69) is 21.2 Å². The number of amides is 1. The number of nitrogens with zero attached hydrogens (tertiary/aromatic N) is 1. The number of carbonyl (C=O) groups is 1. The second-order valence-electron chi connectivity index (χ2n) is 7.00. The second kappa shape index (κ2) is 9.45. The molecule has 0 bridgehead atoms. The maximum atomic E-state index is 13.3. The molecule has 0 saturated carbocycles. The molecule has 0 aliphatic rings. The van der Waals surface area contributed by atoms with E-state index in [0.29, 0.717) is 5.69 Å². The summed E-state index contributed by atoms with van der Waals surface area (Å²) >= 11 is 3.36. The first-order valence-electron chi connectivity index (χ1n) is 9.46. The zero-order valence-corrected chi connectivity index (χ0v) is 19.2. The van der Waals surface area contributed by atoms with E-state index in [4.69, 9.17) is 0 Å². The molecule has 0 aromatic heterocycles. The van der Waals surface area contributed by atoms with Gasteiger partial charge in [-0.1, -0.05) is 64.0 Å². The van der Waals surface area contributed by atoms with Crippen LogP contribution >= 0.6 is 15.9 Å². The summed E-state index contributed by atoms with van der Waals surface area (Å²) in [5.74, 6) is -0.384. The molecule has 0 radical (unpaired) electrons. The van der Waals surface area contributed by atoms with Crippen molar-refractivity contribution in [2.24, 2.45) is 0 Å². The van der Waals surface area contributed by atoms with Crippen molar-refractivity contribution in [1.82, 2.24) is 5.32 Å². The fraction of sp³-hybridized carbons (Fsp3) is 0.174. The Morgan fingerprint density at radius 3 is 2.17 bits per heavy atom. The number of hydrogen-bond donors (Lipinski definition) is 1. The molecule has 0 unspecified atom stereocenters. The van der Waals surface area contributed by atoms with Crippen LogP contribution in [0, 0.1) is 6.92 Å². The normalized spacial score (nSPS) is 12.2. The summed E-state index contributed by atoms with van der Waals surface area (Å²) in [5.41, 5.74) is 2.50. The minimum atomic E-state index is -3.91. The molecular weight excluding hydrogens is 464 g/mol. The van der Waals surface area contributed by atoms with Crippen molar-refractivity contribution in [1.29, 1.82) is 0 Å². The molecule has 1 amide bonds. The molecule has 3 aromatic carbocycles. The molecule has 3 rings (SSSR count). The standard InChI is InChI=1S/C23H23BrN2O3S/c1-17-8-10-19(11-9-17)18(2)25-23(27)16-26(21-14-12-20(24)13-15-21)30(28,29)22-6-4-3-5-7-22/h3-15,18H,16H2,1-2H3,(H,25,27)/t18-/m1/s1. The van der Waals surface area contributed by atoms with Crippen LogP contribution in [0.1, 0.15) is 24.1 Å². The molecule has 0 saturated heterocycles. The van der Waals surface area contributed by atoms with Gasteiger partial charge in [0.25, 0.3) is 10.0 Å². The number of benzene rings is 3. The highest BCUT2D eigenvalue weighted by Crippen LogP contribution is 2.25. The van der Waals surface area contributed by atoms with Crippen LogP contribution in [0.3, 0.4) is 0 Å². The van der Waals surface area contributed by atoms with E-state index in [1.807, 2.05) is 38.1 Å². The van der Waals surface area contributed by atoms with Gasteiger partial charge in [0.05, 0.1) is 16.6 Å². The summed E-state index contributed by atoms with van der Waals surface area (Å²) in [7, 11) is -3.91. The lowest BCUT2D eigenvalue weighted by Crippen LogP contribution is -2.41. The summed E-state index contributed by atoms with van der Waals surface area (Å²) in [4.78, 5) is 12.9. The van der Waals surface area contributed by atoms with E-state index in [1.165, 1.54) is 12.1 Å². The largest absolute Gasteiger partial charge is 0.348 e. The predicted octanol–water partition coefficient (Wildman–Crippen LogP) is 4.83. The summed E-state index contributed by atoms with van der Waals surface area (Å²) in [6.45, 7) is 3.55. The van der Waals surface area contributed by atoms with Gasteiger partial charge >= 0.3 is 0 Å². The van der Waals surface area contributed by atoms with E-state index in [-0.39, 0.29) is 23.4 Å². The Labute approximate surface area is 185 Å². The van der Waals surface area contributed by atoms with Gasteiger partial charge in [0.2, 0.25) is 5.91 Å². The van der Waals surface area contributed by atoms with Gasteiger partial charge in [-0.05, 0) is 55.8 Å². The van der Waals surface area contributed by atoms with Gasteiger partial charge in [-0.15, -0.1) is 0 Å². The van der Waals surface area contributed by atoms with Crippen molar-refractivity contribution in [2.75, 3.05) is 10.8 Å². The van der Waals surface area contributed by atoms with Gasteiger partial charge in [0, 0.05) is 4.47 Å². The Kier molecular flexibility index (Phi) is 6.95. The fourth-order valence-electron chi connectivity index (χ4n) is 3.00. The first kappa shape index (κ1) is 22.1. The molecule has 0 fully saturated rings. The van der Waals surface area contributed by atoms with Crippen molar-refractivity contribution < 1.29 is 13.2 Å². The van der Waals surface area contributed by atoms with Gasteiger partial charge in [-0.3, -0.25) is 9.10 Å². The van der Waals surface area contributed by atoms with Crippen LogP contribution in [-0.4, -0.2) is 20.9 Å². The molecule has 0 aliphatic heterocycles. The van der Waals surface area contributed by atoms with Crippen molar-refractivity contribution in [2.45, 2.75) is 24.8 Å². The third-order valence-corrected chi connectivity index (χ3v) is 7.00. The van der Waals surface area contributed by atoms with Crippen LogP contribution < -0.4 is 9.62 Å². The van der Waals surface area contributed by atoms with Crippen LogP contribution in [0.5, 0.6) is 0 Å². The highest BCUT2D eigenvalue weighted by molar-refractivity contribution is 9.10. The Morgan fingerprint density at radius 2 is 1.57 bits per heavy atom. The van der Waals surface area contributed by atoms with Gasteiger partial charge in [-0.25, -0.2) is 8.42 Å². The highest BCUT2D eigenvalue weighted by atomic mass is 79.9. The molecule has 0 spiro atoms. The van der Waals surface area contributed by atoms with E-state index in [1.54, 1.807) is 42.5 Å². The van der Waals surface area contributed by atoms with Gasteiger partial charge in [-0.2, -0.15) is 0 Å². The Morgan fingerprint density at radius 1 is 0.967 bits per heavy atom. The van der Waals surface area contributed by atoms with E-state index >= 15 is 0 Å². The lowest BCUT2D eigenvalue weighted by atomic mass is 10.1. The van der Waals surface area contributed by atoms with Crippen LogP contribution in [0.25, 0.3) is 0 Å². The van der Waals surface area contributed by atoms with Crippen LogP contribution in [0.4, 0.5) is 5.69 Å². The molecule has 5 nitrogen and oxygen atoms in total. The Hall–Kier alpha value is -2.64. The SMILES string of the molecule is Cc1ccc([C@@H](C)NC(=O)CN(c2ccc(Br)cc2)S(=O)(=O)c2ccccc2)cc1. The van der Waals surface area contributed by atoms with E-state index in [9.17, 15) is 13.2 Å². The quantitative estimate of drug-likeness (QED) is 0.519. The topological polar surface area (TPSA) is 66.5 Å². The van der Waals surface area contributed by atoms with Crippen molar-refractivity contribution in [3.63, 3.8) is 0 Å². The second-order valence-corrected chi connectivity index (χ2v) is 9.78. The summed E-state index contributed by atoms with van der Waals surface area (Å²) in [5, 5.41) is 2.90. The molecule has 1 atom stereocenters. The predicted molar refractivity (Wildman–Crippen MR) is 123 cm³/mol. The molecule has 3 aromatic rings. The average Bonchev–Trinajstić information content (AvgIpc) is 2.74. The number of nitrogens with one attached hydrogen (secondary N) is 1. The van der Waals surface area contributed by atoms with Gasteiger partial charge in [0.1, 0.15) is 6.54 Å². The first-order valence-corrected chi connectivity index (χ1v) is 11.7. The lowest BCUT2D eigenvalue weighted by Gasteiger charge is -2.25. The number of aryl methyl sites for hydroxylation is 1. The fourth-order valence-corrected chi connectivity index (χ4v) is 4.70. The molecule has 1 N–H and O–H groups in total. The van der Waals surface area contributed by atoms with E-state index in [0.717, 1.165) is 19.9 Å². The number of halogens is 1. The monoisotopic (exact) mass is 486 g/mol. The smallest absolute Gasteiger partial charge is 0.264 e. The average molecular weight is 487 g/mol. The van der Waals surface area contributed by atoms with Crippen LogP contribution in [-0.2, 0) is 14.8 Å².